The maximum absolute atomic E-state index is 10.1. The van der Waals surface area contributed by atoms with Gasteiger partial charge in [0.15, 0.2) is 0 Å². The SMILES string of the molecule is CC.CC.Oc1ccc2c(c1Br)CCc1cc(Br)cnc1C2=C1CCNCC1. The molecule has 0 unspecified atom stereocenters. The van der Waals surface area contributed by atoms with Crippen molar-refractivity contribution in [3.8, 4) is 5.75 Å². The van der Waals surface area contributed by atoms with Crippen molar-refractivity contribution in [2.75, 3.05) is 13.1 Å². The highest BCUT2D eigenvalue weighted by molar-refractivity contribution is 9.10. The monoisotopic (exact) mass is 508 g/mol. The van der Waals surface area contributed by atoms with Crippen LogP contribution in [0.25, 0.3) is 5.57 Å². The van der Waals surface area contributed by atoms with Crippen molar-refractivity contribution in [3.63, 3.8) is 0 Å². The van der Waals surface area contributed by atoms with Gasteiger partial charge in [-0.2, -0.15) is 0 Å². The van der Waals surface area contributed by atoms with Gasteiger partial charge in [-0.25, -0.2) is 0 Å². The number of phenols is 1. The van der Waals surface area contributed by atoms with Gasteiger partial charge < -0.3 is 10.4 Å². The number of aryl methyl sites for hydroxylation is 1. The number of aromatic nitrogens is 1. The van der Waals surface area contributed by atoms with Crippen LogP contribution in [0.15, 0.2) is 38.9 Å². The van der Waals surface area contributed by atoms with Gasteiger partial charge in [0, 0.05) is 16.2 Å². The Balaban J connectivity index is 0.000000660. The molecule has 28 heavy (non-hydrogen) atoms. The van der Waals surface area contributed by atoms with Crippen LogP contribution in [0.4, 0.5) is 0 Å². The van der Waals surface area contributed by atoms with Gasteiger partial charge >= 0.3 is 0 Å². The van der Waals surface area contributed by atoms with Crippen LogP contribution in [0.1, 0.15) is 62.9 Å². The lowest BCUT2D eigenvalue weighted by Crippen LogP contribution is -2.24. The fourth-order valence-electron chi connectivity index (χ4n) is 3.71. The van der Waals surface area contributed by atoms with Crippen molar-refractivity contribution in [1.29, 1.82) is 0 Å². The Morgan fingerprint density at radius 1 is 0.964 bits per heavy atom. The molecule has 1 saturated heterocycles. The van der Waals surface area contributed by atoms with E-state index in [9.17, 15) is 5.11 Å². The minimum absolute atomic E-state index is 0.309. The standard InChI is InChI=1S/C19H18Br2N2O.2C2H6/c20-13-9-12-1-2-15-14(3-4-16(24)18(15)21)17(19(12)23-10-13)11-5-7-22-8-6-11;2*1-2/h3-4,9-10,22,24H,1-2,5-8H2;2*1-2H3. The summed E-state index contributed by atoms with van der Waals surface area (Å²) >= 11 is 7.15. The summed E-state index contributed by atoms with van der Waals surface area (Å²) in [5.41, 5.74) is 7.51. The summed E-state index contributed by atoms with van der Waals surface area (Å²) in [5, 5.41) is 13.6. The lowest BCUT2D eigenvalue weighted by molar-refractivity contribution is 0.471. The Morgan fingerprint density at radius 2 is 1.64 bits per heavy atom. The molecule has 0 atom stereocenters. The minimum atomic E-state index is 0.309. The van der Waals surface area contributed by atoms with Gasteiger partial charge in [0.25, 0.3) is 0 Å². The Hall–Kier alpha value is -1.17. The average molecular weight is 510 g/mol. The van der Waals surface area contributed by atoms with Crippen molar-refractivity contribution in [2.24, 2.45) is 0 Å². The number of phenolic OH excluding ortho intramolecular Hbond substituents is 1. The lowest BCUT2D eigenvalue weighted by atomic mass is 9.89. The molecule has 2 N–H and O–H groups in total. The average Bonchev–Trinajstić information content (AvgIpc) is 2.91. The van der Waals surface area contributed by atoms with E-state index in [0.29, 0.717) is 5.75 Å². The smallest absolute Gasteiger partial charge is 0.130 e. The number of benzene rings is 1. The van der Waals surface area contributed by atoms with Crippen molar-refractivity contribution in [1.82, 2.24) is 10.3 Å². The third-order valence-corrected chi connectivity index (χ3v) is 6.19. The van der Waals surface area contributed by atoms with Gasteiger partial charge in [-0.05, 0) is 99.5 Å². The first-order valence-corrected chi connectivity index (χ1v) is 11.8. The predicted molar refractivity (Wildman–Crippen MR) is 126 cm³/mol. The van der Waals surface area contributed by atoms with Gasteiger partial charge in [-0.1, -0.05) is 39.3 Å². The zero-order valence-electron chi connectivity index (χ0n) is 17.2. The number of piperidine rings is 1. The largest absolute Gasteiger partial charge is 0.507 e. The highest BCUT2D eigenvalue weighted by Gasteiger charge is 2.25. The first kappa shape index (κ1) is 23.1. The van der Waals surface area contributed by atoms with Crippen molar-refractivity contribution in [2.45, 2.75) is 53.4 Å². The molecule has 4 rings (SSSR count). The summed E-state index contributed by atoms with van der Waals surface area (Å²) in [7, 11) is 0. The Morgan fingerprint density at radius 3 is 2.32 bits per heavy atom. The summed E-state index contributed by atoms with van der Waals surface area (Å²) in [4.78, 5) is 4.78. The van der Waals surface area contributed by atoms with Crippen LogP contribution in [-0.2, 0) is 12.8 Å². The van der Waals surface area contributed by atoms with Crippen LogP contribution in [0.3, 0.4) is 0 Å². The predicted octanol–water partition coefficient (Wildman–Crippen LogP) is 6.65. The summed E-state index contributed by atoms with van der Waals surface area (Å²) in [6.07, 6.45) is 5.80. The molecule has 3 nitrogen and oxygen atoms in total. The summed E-state index contributed by atoms with van der Waals surface area (Å²) < 4.78 is 1.84. The maximum atomic E-state index is 10.1. The normalized spacial score (nSPS) is 15.2. The fourth-order valence-corrected chi connectivity index (χ4v) is 4.63. The Bertz CT molecular complexity index is 839. The molecular weight excluding hydrogens is 480 g/mol. The second-order valence-corrected chi connectivity index (χ2v) is 8.02. The van der Waals surface area contributed by atoms with E-state index in [0.717, 1.165) is 53.4 Å². The number of rotatable bonds is 0. The van der Waals surface area contributed by atoms with E-state index in [-0.39, 0.29) is 0 Å². The highest BCUT2D eigenvalue weighted by atomic mass is 79.9. The minimum Gasteiger partial charge on any atom is -0.507 e. The van der Waals surface area contributed by atoms with Crippen LogP contribution in [0, 0.1) is 0 Å². The van der Waals surface area contributed by atoms with Crippen molar-refractivity contribution in [3.05, 3.63) is 61.3 Å². The molecule has 1 aliphatic heterocycles. The van der Waals surface area contributed by atoms with Crippen LogP contribution in [0.5, 0.6) is 5.75 Å². The topological polar surface area (TPSA) is 45.2 Å². The molecule has 0 radical (unpaired) electrons. The maximum Gasteiger partial charge on any atom is 0.130 e. The van der Waals surface area contributed by atoms with E-state index in [1.807, 2.05) is 33.9 Å². The van der Waals surface area contributed by atoms with Crippen LogP contribution in [-0.4, -0.2) is 23.2 Å². The first-order valence-electron chi connectivity index (χ1n) is 10.2. The Kier molecular flexibility index (Phi) is 9.19. The molecule has 1 aromatic carbocycles. The molecule has 0 amide bonds. The van der Waals surface area contributed by atoms with Crippen molar-refractivity contribution >= 4 is 37.4 Å². The third kappa shape index (κ3) is 4.87. The van der Waals surface area contributed by atoms with E-state index in [1.54, 1.807) is 6.07 Å². The zero-order chi connectivity index (χ0) is 20.7. The molecular formula is C23H30Br2N2O. The molecule has 2 heterocycles. The van der Waals surface area contributed by atoms with Gasteiger partial charge in [-0.3, -0.25) is 4.98 Å². The van der Waals surface area contributed by atoms with E-state index >= 15 is 0 Å². The highest BCUT2D eigenvalue weighted by Crippen LogP contribution is 2.42. The van der Waals surface area contributed by atoms with Gasteiger partial charge in [0.2, 0.25) is 0 Å². The number of hydrogen-bond acceptors (Lipinski definition) is 3. The summed E-state index contributed by atoms with van der Waals surface area (Å²) in [6, 6.07) is 6.02. The zero-order valence-corrected chi connectivity index (χ0v) is 20.4. The number of hydrogen-bond donors (Lipinski definition) is 2. The van der Waals surface area contributed by atoms with Crippen LogP contribution < -0.4 is 5.32 Å². The van der Waals surface area contributed by atoms with Crippen LogP contribution >= 0.6 is 31.9 Å². The molecule has 0 spiro atoms. The van der Waals surface area contributed by atoms with E-state index < -0.39 is 0 Å². The number of fused-ring (bicyclic) bond motifs is 2. The van der Waals surface area contributed by atoms with E-state index in [4.69, 9.17) is 4.98 Å². The number of nitrogens with zero attached hydrogens (tertiary/aromatic N) is 1. The molecule has 5 heteroatoms. The number of pyridine rings is 1. The van der Waals surface area contributed by atoms with Gasteiger partial charge in [0.1, 0.15) is 5.75 Å². The van der Waals surface area contributed by atoms with Crippen molar-refractivity contribution < 1.29 is 5.11 Å². The first-order chi connectivity index (χ1) is 13.6. The molecule has 2 aliphatic rings. The lowest BCUT2D eigenvalue weighted by Gasteiger charge is -2.22. The Labute approximate surface area is 185 Å². The molecule has 0 saturated carbocycles. The van der Waals surface area contributed by atoms with E-state index in [1.165, 1.54) is 27.8 Å². The molecule has 152 valence electrons. The molecule has 2 aromatic rings. The summed E-state index contributed by atoms with van der Waals surface area (Å²) in [6.45, 7) is 10.0. The summed E-state index contributed by atoms with van der Waals surface area (Å²) in [5.74, 6) is 0.309. The number of halogens is 2. The fraction of sp³-hybridized carbons (Fsp3) is 0.435. The second kappa shape index (κ2) is 11.1. The second-order valence-electron chi connectivity index (χ2n) is 6.31. The number of nitrogens with one attached hydrogen (secondary N) is 1. The quantitative estimate of drug-likeness (QED) is 0.418. The number of aromatic hydroxyl groups is 1. The van der Waals surface area contributed by atoms with Gasteiger partial charge in [-0.15, -0.1) is 0 Å². The molecule has 0 bridgehead atoms. The third-order valence-electron chi connectivity index (χ3n) is 4.87. The van der Waals surface area contributed by atoms with Gasteiger partial charge in [0.05, 0.1) is 10.2 Å². The molecule has 1 aromatic heterocycles. The van der Waals surface area contributed by atoms with Crippen LogP contribution in [0.2, 0.25) is 0 Å². The molecule has 1 aliphatic carbocycles. The van der Waals surface area contributed by atoms with E-state index in [2.05, 4.69) is 49.3 Å². The molecule has 1 fully saturated rings.